The Morgan fingerprint density at radius 3 is 2.60 bits per heavy atom. The molecule has 0 saturated heterocycles. The van der Waals surface area contributed by atoms with Crippen LogP contribution in [-0.2, 0) is 20.3 Å². The standard InChI is InChI=1S/C14H16ClNO3S/c15-20(18,19)12-6-7-13-11(9-12)5-2-8-16(13)14(17)10-3-1-4-10/h6-7,9-10H,1-5,8H2. The Kier molecular flexibility index (Phi) is 3.50. The second-order valence-corrected chi connectivity index (χ2v) is 8.02. The maximum Gasteiger partial charge on any atom is 0.261 e. The number of hydrogen-bond donors (Lipinski definition) is 0. The van der Waals surface area contributed by atoms with Crippen LogP contribution in [-0.4, -0.2) is 20.9 Å². The lowest BCUT2D eigenvalue weighted by Gasteiger charge is -2.35. The highest BCUT2D eigenvalue weighted by Crippen LogP contribution is 2.35. The average molecular weight is 314 g/mol. The van der Waals surface area contributed by atoms with Gasteiger partial charge in [-0.2, -0.15) is 0 Å². The number of carbonyl (C=O) groups excluding carboxylic acids is 1. The van der Waals surface area contributed by atoms with Crippen LogP contribution in [0.4, 0.5) is 5.69 Å². The van der Waals surface area contributed by atoms with Gasteiger partial charge >= 0.3 is 0 Å². The van der Waals surface area contributed by atoms with Crippen LogP contribution in [0.15, 0.2) is 23.1 Å². The van der Waals surface area contributed by atoms with E-state index in [1.165, 1.54) is 6.07 Å². The quantitative estimate of drug-likeness (QED) is 0.789. The number of rotatable bonds is 2. The fourth-order valence-corrected chi connectivity index (χ4v) is 3.63. The number of benzene rings is 1. The summed E-state index contributed by atoms with van der Waals surface area (Å²) in [7, 11) is 1.66. The van der Waals surface area contributed by atoms with Gasteiger partial charge in [-0.25, -0.2) is 8.42 Å². The van der Waals surface area contributed by atoms with E-state index in [1.807, 2.05) is 4.90 Å². The second kappa shape index (κ2) is 5.04. The zero-order valence-electron chi connectivity index (χ0n) is 11.0. The molecule has 20 heavy (non-hydrogen) atoms. The van der Waals surface area contributed by atoms with E-state index in [1.54, 1.807) is 12.1 Å². The summed E-state index contributed by atoms with van der Waals surface area (Å²) in [5, 5.41) is 0. The van der Waals surface area contributed by atoms with Gasteiger partial charge in [0, 0.05) is 28.8 Å². The molecule has 2 aliphatic rings. The first-order valence-electron chi connectivity index (χ1n) is 6.86. The Morgan fingerprint density at radius 2 is 2.00 bits per heavy atom. The molecule has 1 fully saturated rings. The van der Waals surface area contributed by atoms with Crippen LogP contribution in [0.3, 0.4) is 0 Å². The van der Waals surface area contributed by atoms with Crippen molar-refractivity contribution in [2.45, 2.75) is 37.0 Å². The molecule has 4 nitrogen and oxygen atoms in total. The van der Waals surface area contributed by atoms with Gasteiger partial charge in [0.15, 0.2) is 0 Å². The first-order chi connectivity index (χ1) is 9.47. The maximum absolute atomic E-state index is 12.4. The van der Waals surface area contributed by atoms with Crippen LogP contribution >= 0.6 is 10.7 Å². The summed E-state index contributed by atoms with van der Waals surface area (Å²) in [6.07, 6.45) is 4.71. The summed E-state index contributed by atoms with van der Waals surface area (Å²) in [5.74, 6) is 0.330. The molecule has 108 valence electrons. The molecular weight excluding hydrogens is 298 g/mol. The van der Waals surface area contributed by atoms with Gasteiger partial charge < -0.3 is 4.90 Å². The number of aryl methyl sites for hydroxylation is 1. The van der Waals surface area contributed by atoms with E-state index in [0.29, 0.717) is 0 Å². The molecule has 0 spiro atoms. The molecule has 0 aromatic heterocycles. The smallest absolute Gasteiger partial charge is 0.261 e. The largest absolute Gasteiger partial charge is 0.312 e. The van der Waals surface area contributed by atoms with Crippen molar-refractivity contribution in [2.24, 2.45) is 5.92 Å². The highest BCUT2D eigenvalue weighted by molar-refractivity contribution is 8.13. The molecule has 0 N–H and O–H groups in total. The van der Waals surface area contributed by atoms with Crippen LogP contribution in [0, 0.1) is 5.92 Å². The fraction of sp³-hybridized carbons (Fsp3) is 0.500. The van der Waals surface area contributed by atoms with Crippen molar-refractivity contribution in [2.75, 3.05) is 11.4 Å². The SMILES string of the molecule is O=C(C1CCC1)N1CCCc2cc(S(=O)(=O)Cl)ccc21. The summed E-state index contributed by atoms with van der Waals surface area (Å²) in [4.78, 5) is 14.3. The van der Waals surface area contributed by atoms with E-state index in [9.17, 15) is 13.2 Å². The molecule has 3 rings (SSSR count). The maximum atomic E-state index is 12.4. The average Bonchev–Trinajstić information content (AvgIpc) is 2.34. The molecule has 0 bridgehead atoms. The number of anilines is 1. The Labute approximate surface area is 123 Å². The molecule has 1 saturated carbocycles. The van der Waals surface area contributed by atoms with Crippen molar-refractivity contribution < 1.29 is 13.2 Å². The van der Waals surface area contributed by atoms with Gasteiger partial charge in [0.1, 0.15) is 0 Å². The molecule has 0 unspecified atom stereocenters. The van der Waals surface area contributed by atoms with Crippen molar-refractivity contribution in [3.05, 3.63) is 23.8 Å². The zero-order valence-corrected chi connectivity index (χ0v) is 12.6. The van der Waals surface area contributed by atoms with Crippen molar-refractivity contribution >= 4 is 31.3 Å². The van der Waals surface area contributed by atoms with E-state index in [2.05, 4.69) is 0 Å². The van der Waals surface area contributed by atoms with Crippen LogP contribution < -0.4 is 4.90 Å². The third kappa shape index (κ3) is 2.44. The van der Waals surface area contributed by atoms with E-state index < -0.39 is 9.05 Å². The molecule has 1 heterocycles. The van der Waals surface area contributed by atoms with E-state index in [4.69, 9.17) is 10.7 Å². The van der Waals surface area contributed by atoms with E-state index in [0.717, 1.165) is 49.9 Å². The van der Waals surface area contributed by atoms with Crippen LogP contribution in [0.1, 0.15) is 31.2 Å². The molecule has 6 heteroatoms. The number of hydrogen-bond acceptors (Lipinski definition) is 3. The van der Waals surface area contributed by atoms with E-state index >= 15 is 0 Å². The molecule has 1 aliphatic carbocycles. The first-order valence-corrected chi connectivity index (χ1v) is 9.17. The normalized spacial score (nSPS) is 19.4. The lowest BCUT2D eigenvalue weighted by atomic mass is 9.83. The van der Waals surface area contributed by atoms with Gasteiger partial charge in [-0.05, 0) is 49.4 Å². The van der Waals surface area contributed by atoms with Gasteiger partial charge in [0.2, 0.25) is 5.91 Å². The van der Waals surface area contributed by atoms with Crippen molar-refractivity contribution in [3.8, 4) is 0 Å². The summed E-state index contributed by atoms with van der Waals surface area (Å²) in [6.45, 7) is 0.718. The minimum absolute atomic E-state index is 0.107. The molecule has 0 radical (unpaired) electrons. The van der Waals surface area contributed by atoms with Gasteiger partial charge in [-0.1, -0.05) is 6.42 Å². The third-order valence-electron chi connectivity index (χ3n) is 4.17. The highest BCUT2D eigenvalue weighted by Gasteiger charge is 2.32. The summed E-state index contributed by atoms with van der Waals surface area (Å²) in [5.41, 5.74) is 1.74. The number of carbonyl (C=O) groups is 1. The van der Waals surface area contributed by atoms with Gasteiger partial charge in [-0.15, -0.1) is 0 Å². The van der Waals surface area contributed by atoms with Gasteiger partial charge in [0.25, 0.3) is 9.05 Å². The number of fused-ring (bicyclic) bond motifs is 1. The Balaban J connectivity index is 1.95. The van der Waals surface area contributed by atoms with E-state index in [-0.39, 0.29) is 16.7 Å². The van der Waals surface area contributed by atoms with Gasteiger partial charge in [0.05, 0.1) is 4.90 Å². The summed E-state index contributed by atoms with van der Waals surface area (Å²) in [6, 6.07) is 4.78. The molecule has 1 aromatic carbocycles. The lowest BCUT2D eigenvalue weighted by Crippen LogP contribution is -2.41. The third-order valence-corrected chi connectivity index (χ3v) is 5.52. The number of halogens is 1. The molecule has 1 aromatic rings. The van der Waals surface area contributed by atoms with Crippen LogP contribution in [0.5, 0.6) is 0 Å². The predicted molar refractivity (Wildman–Crippen MR) is 77.5 cm³/mol. The number of nitrogens with zero attached hydrogens (tertiary/aromatic N) is 1. The fourth-order valence-electron chi connectivity index (χ4n) is 2.83. The summed E-state index contributed by atoms with van der Waals surface area (Å²) < 4.78 is 22.8. The van der Waals surface area contributed by atoms with Crippen LogP contribution in [0.25, 0.3) is 0 Å². The predicted octanol–water partition coefficient (Wildman–Crippen LogP) is 2.69. The summed E-state index contributed by atoms with van der Waals surface area (Å²) >= 11 is 0. The minimum Gasteiger partial charge on any atom is -0.312 e. The molecule has 1 aliphatic heterocycles. The van der Waals surface area contributed by atoms with Crippen molar-refractivity contribution in [1.82, 2.24) is 0 Å². The molecule has 1 amide bonds. The van der Waals surface area contributed by atoms with Crippen molar-refractivity contribution in [3.63, 3.8) is 0 Å². The highest BCUT2D eigenvalue weighted by atomic mass is 35.7. The molecule has 0 atom stereocenters. The van der Waals surface area contributed by atoms with Gasteiger partial charge in [-0.3, -0.25) is 4.79 Å². The number of amides is 1. The van der Waals surface area contributed by atoms with Crippen molar-refractivity contribution in [1.29, 1.82) is 0 Å². The Hall–Kier alpha value is -1.07. The monoisotopic (exact) mass is 313 g/mol. The van der Waals surface area contributed by atoms with Crippen LogP contribution in [0.2, 0.25) is 0 Å². The second-order valence-electron chi connectivity index (χ2n) is 5.45. The minimum atomic E-state index is -3.72. The zero-order chi connectivity index (χ0) is 14.3. The first kappa shape index (κ1) is 13.9. The Morgan fingerprint density at radius 1 is 1.25 bits per heavy atom. The molecular formula is C14H16ClNO3S. The Bertz CT molecular complexity index is 652. The lowest BCUT2D eigenvalue weighted by molar-refractivity contribution is -0.124. The topological polar surface area (TPSA) is 54.5 Å².